The number of amides is 1. The third-order valence-corrected chi connectivity index (χ3v) is 4.03. The average Bonchev–Trinajstić information content (AvgIpc) is 2.76. The van der Waals surface area contributed by atoms with Crippen LogP contribution in [0.15, 0.2) is 6.33 Å². The number of piperazine rings is 1. The SMILES string of the molecule is CC(C)(C)OC(=O)N1C2CCC1CN(c1ncnc(C#N)n1)C2. The summed E-state index contributed by atoms with van der Waals surface area (Å²) in [6.07, 6.45) is 2.98. The number of hydrogen-bond acceptors (Lipinski definition) is 7. The number of rotatable bonds is 1. The van der Waals surface area contributed by atoms with E-state index in [-0.39, 0.29) is 24.0 Å². The molecule has 2 bridgehead atoms. The molecule has 0 aromatic carbocycles. The molecule has 0 N–H and O–H groups in total. The lowest BCUT2D eigenvalue weighted by atomic mass is 10.2. The molecule has 0 spiro atoms. The summed E-state index contributed by atoms with van der Waals surface area (Å²) in [5.41, 5.74) is -0.496. The minimum absolute atomic E-state index is 0.0888. The van der Waals surface area contributed by atoms with Crippen LogP contribution < -0.4 is 4.90 Å². The molecule has 2 aliphatic heterocycles. The van der Waals surface area contributed by atoms with Gasteiger partial charge in [0.25, 0.3) is 0 Å². The van der Waals surface area contributed by atoms with E-state index < -0.39 is 5.60 Å². The number of ether oxygens (including phenoxy) is 1. The molecular formula is C15H20N6O2. The van der Waals surface area contributed by atoms with Crippen molar-refractivity contribution in [3.63, 3.8) is 0 Å². The molecule has 2 aliphatic rings. The predicted molar refractivity (Wildman–Crippen MR) is 81.6 cm³/mol. The molecule has 1 amide bonds. The molecule has 0 aliphatic carbocycles. The first-order valence-corrected chi connectivity index (χ1v) is 7.73. The molecule has 3 rings (SSSR count). The number of carbonyl (C=O) groups excluding carboxylic acids is 1. The van der Waals surface area contributed by atoms with Gasteiger partial charge in [0, 0.05) is 13.1 Å². The second-order valence-electron chi connectivity index (χ2n) is 6.90. The number of fused-ring (bicyclic) bond motifs is 2. The minimum Gasteiger partial charge on any atom is -0.444 e. The van der Waals surface area contributed by atoms with Gasteiger partial charge in [-0.15, -0.1) is 0 Å². The fourth-order valence-electron chi connectivity index (χ4n) is 3.17. The number of carbonyl (C=O) groups is 1. The zero-order valence-electron chi connectivity index (χ0n) is 13.6. The lowest BCUT2D eigenvalue weighted by molar-refractivity contribution is 0.0122. The Morgan fingerprint density at radius 2 is 1.96 bits per heavy atom. The van der Waals surface area contributed by atoms with Crippen molar-refractivity contribution in [2.75, 3.05) is 18.0 Å². The summed E-state index contributed by atoms with van der Waals surface area (Å²) >= 11 is 0. The number of nitrogens with zero attached hydrogens (tertiary/aromatic N) is 6. The monoisotopic (exact) mass is 316 g/mol. The molecule has 2 fully saturated rings. The van der Waals surface area contributed by atoms with Crippen LogP contribution in [0.3, 0.4) is 0 Å². The van der Waals surface area contributed by atoms with Gasteiger partial charge in [-0.2, -0.15) is 10.2 Å². The molecule has 122 valence electrons. The number of aromatic nitrogens is 3. The van der Waals surface area contributed by atoms with Gasteiger partial charge in [0.05, 0.1) is 12.1 Å². The molecule has 23 heavy (non-hydrogen) atoms. The molecule has 0 radical (unpaired) electrons. The summed E-state index contributed by atoms with van der Waals surface area (Å²) in [6, 6.07) is 2.10. The highest BCUT2D eigenvalue weighted by atomic mass is 16.6. The summed E-state index contributed by atoms with van der Waals surface area (Å²) < 4.78 is 5.52. The maximum atomic E-state index is 12.4. The molecule has 0 saturated carbocycles. The van der Waals surface area contributed by atoms with Crippen molar-refractivity contribution in [3.8, 4) is 6.07 Å². The van der Waals surface area contributed by atoms with Crippen molar-refractivity contribution in [1.82, 2.24) is 19.9 Å². The smallest absolute Gasteiger partial charge is 0.410 e. The van der Waals surface area contributed by atoms with Gasteiger partial charge >= 0.3 is 6.09 Å². The normalized spacial score (nSPS) is 23.6. The molecule has 2 unspecified atom stereocenters. The maximum Gasteiger partial charge on any atom is 0.410 e. The van der Waals surface area contributed by atoms with Crippen molar-refractivity contribution in [2.45, 2.75) is 51.3 Å². The van der Waals surface area contributed by atoms with E-state index in [1.807, 2.05) is 36.6 Å². The molecule has 1 aromatic rings. The average molecular weight is 316 g/mol. The zero-order chi connectivity index (χ0) is 16.6. The molecule has 8 nitrogen and oxygen atoms in total. The van der Waals surface area contributed by atoms with Gasteiger partial charge in [0.1, 0.15) is 18.0 Å². The quantitative estimate of drug-likeness (QED) is 0.771. The van der Waals surface area contributed by atoms with Gasteiger partial charge in [-0.1, -0.05) is 0 Å². The lowest BCUT2D eigenvalue weighted by Crippen LogP contribution is -2.57. The summed E-state index contributed by atoms with van der Waals surface area (Å²) in [6.45, 7) is 6.90. The van der Waals surface area contributed by atoms with Crippen LogP contribution in [-0.4, -0.2) is 56.7 Å². The van der Waals surface area contributed by atoms with Crippen molar-refractivity contribution in [2.24, 2.45) is 0 Å². The highest BCUT2D eigenvalue weighted by molar-refractivity contribution is 5.70. The molecule has 2 saturated heterocycles. The van der Waals surface area contributed by atoms with E-state index in [0.29, 0.717) is 19.0 Å². The number of nitriles is 1. The first-order chi connectivity index (χ1) is 10.9. The van der Waals surface area contributed by atoms with E-state index in [4.69, 9.17) is 10.00 Å². The number of hydrogen-bond donors (Lipinski definition) is 0. The Kier molecular flexibility index (Phi) is 3.80. The highest BCUT2D eigenvalue weighted by Crippen LogP contribution is 2.32. The fourth-order valence-corrected chi connectivity index (χ4v) is 3.17. The molecule has 3 heterocycles. The zero-order valence-corrected chi connectivity index (χ0v) is 13.6. The Bertz CT molecular complexity index is 636. The highest BCUT2D eigenvalue weighted by Gasteiger charge is 2.44. The predicted octanol–water partition coefficient (Wildman–Crippen LogP) is 1.33. The Morgan fingerprint density at radius 3 is 2.52 bits per heavy atom. The van der Waals surface area contributed by atoms with Crippen LogP contribution in [0.2, 0.25) is 0 Å². The van der Waals surface area contributed by atoms with Crippen LogP contribution in [0.25, 0.3) is 0 Å². The molecule has 8 heteroatoms. The second kappa shape index (κ2) is 5.65. The van der Waals surface area contributed by atoms with Gasteiger partial charge in [-0.3, -0.25) is 4.90 Å². The summed E-state index contributed by atoms with van der Waals surface area (Å²) in [7, 11) is 0. The van der Waals surface area contributed by atoms with E-state index in [0.717, 1.165) is 12.8 Å². The van der Waals surface area contributed by atoms with E-state index in [1.165, 1.54) is 6.33 Å². The van der Waals surface area contributed by atoms with E-state index in [9.17, 15) is 4.79 Å². The van der Waals surface area contributed by atoms with Crippen molar-refractivity contribution >= 4 is 12.0 Å². The van der Waals surface area contributed by atoms with E-state index in [1.54, 1.807) is 0 Å². The van der Waals surface area contributed by atoms with Crippen molar-refractivity contribution in [3.05, 3.63) is 12.2 Å². The minimum atomic E-state index is -0.496. The summed E-state index contributed by atoms with van der Waals surface area (Å²) in [5, 5.41) is 8.91. The first-order valence-electron chi connectivity index (χ1n) is 7.73. The van der Waals surface area contributed by atoms with Gasteiger partial charge in [-0.05, 0) is 33.6 Å². The number of anilines is 1. The third kappa shape index (κ3) is 3.18. The third-order valence-electron chi connectivity index (χ3n) is 4.03. The first kappa shape index (κ1) is 15.5. The van der Waals surface area contributed by atoms with Gasteiger partial charge in [0.2, 0.25) is 11.8 Å². The Morgan fingerprint density at radius 1 is 1.30 bits per heavy atom. The van der Waals surface area contributed by atoms with Crippen LogP contribution in [0.1, 0.15) is 39.4 Å². The maximum absolute atomic E-state index is 12.4. The largest absolute Gasteiger partial charge is 0.444 e. The van der Waals surface area contributed by atoms with Crippen LogP contribution >= 0.6 is 0 Å². The van der Waals surface area contributed by atoms with Gasteiger partial charge in [0.15, 0.2) is 0 Å². The lowest BCUT2D eigenvalue weighted by Gasteiger charge is -2.41. The molecule has 1 aromatic heterocycles. The van der Waals surface area contributed by atoms with Crippen LogP contribution in [0.4, 0.5) is 10.7 Å². The van der Waals surface area contributed by atoms with Gasteiger partial charge in [-0.25, -0.2) is 14.8 Å². The molecule has 2 atom stereocenters. The topological polar surface area (TPSA) is 95.2 Å². The van der Waals surface area contributed by atoms with Crippen molar-refractivity contribution in [1.29, 1.82) is 5.26 Å². The second-order valence-corrected chi connectivity index (χ2v) is 6.90. The van der Waals surface area contributed by atoms with Gasteiger partial charge < -0.3 is 9.64 Å². The van der Waals surface area contributed by atoms with E-state index in [2.05, 4.69) is 15.0 Å². The van der Waals surface area contributed by atoms with E-state index >= 15 is 0 Å². The van der Waals surface area contributed by atoms with Crippen LogP contribution in [0.5, 0.6) is 0 Å². The van der Waals surface area contributed by atoms with Crippen LogP contribution in [-0.2, 0) is 4.74 Å². The van der Waals surface area contributed by atoms with Crippen LogP contribution in [0, 0.1) is 11.3 Å². The summed E-state index contributed by atoms with van der Waals surface area (Å²) in [5.74, 6) is 0.606. The Labute approximate surface area is 135 Å². The summed E-state index contributed by atoms with van der Waals surface area (Å²) in [4.78, 5) is 28.4. The van der Waals surface area contributed by atoms with Crippen molar-refractivity contribution < 1.29 is 9.53 Å². The Hall–Kier alpha value is -2.43. The Balaban J connectivity index is 1.74. The fraction of sp³-hybridized carbons (Fsp3) is 0.667. The standard InChI is InChI=1S/C15H20N6O2/c1-15(2,3)23-14(22)21-10-4-5-11(21)8-20(7-10)13-18-9-17-12(6-16)19-13/h9-11H,4-5,7-8H2,1-3H3. The molecular weight excluding hydrogens is 296 g/mol.